The number of sulfonamides is 1. The van der Waals surface area contributed by atoms with Crippen molar-refractivity contribution in [3.63, 3.8) is 0 Å². The molecule has 3 rings (SSSR count). The zero-order chi connectivity index (χ0) is 28.6. The van der Waals surface area contributed by atoms with E-state index in [1.165, 1.54) is 24.1 Å². The van der Waals surface area contributed by atoms with Gasteiger partial charge in [0.05, 0.1) is 17.7 Å². The van der Waals surface area contributed by atoms with Crippen molar-refractivity contribution in [3.8, 4) is 5.75 Å². The molecule has 0 saturated carbocycles. The predicted molar refractivity (Wildman–Crippen MR) is 153 cm³/mol. The van der Waals surface area contributed by atoms with Crippen molar-refractivity contribution < 1.29 is 22.7 Å². The van der Waals surface area contributed by atoms with E-state index in [1.807, 2.05) is 51.1 Å². The van der Waals surface area contributed by atoms with Gasteiger partial charge in [-0.3, -0.25) is 13.9 Å². The number of anilines is 1. The number of rotatable bonds is 12. The Morgan fingerprint density at radius 2 is 1.62 bits per heavy atom. The summed E-state index contributed by atoms with van der Waals surface area (Å²) in [5.41, 5.74) is 2.01. The number of methoxy groups -OCH3 is 1. The van der Waals surface area contributed by atoms with Crippen LogP contribution in [0.5, 0.6) is 5.75 Å². The molecule has 0 aliphatic carbocycles. The zero-order valence-electron chi connectivity index (χ0n) is 23.1. The van der Waals surface area contributed by atoms with Crippen LogP contribution in [0.15, 0.2) is 83.8 Å². The number of hydrogen-bond acceptors (Lipinski definition) is 5. The van der Waals surface area contributed by atoms with Gasteiger partial charge in [-0.1, -0.05) is 61.0 Å². The minimum atomic E-state index is -4.14. The minimum absolute atomic E-state index is 0.0564. The van der Waals surface area contributed by atoms with E-state index in [0.29, 0.717) is 5.75 Å². The van der Waals surface area contributed by atoms with E-state index in [9.17, 15) is 18.0 Å². The third-order valence-electron chi connectivity index (χ3n) is 6.59. The smallest absolute Gasteiger partial charge is 0.264 e. The van der Waals surface area contributed by atoms with Gasteiger partial charge in [0.25, 0.3) is 10.0 Å². The van der Waals surface area contributed by atoms with Crippen LogP contribution in [0.2, 0.25) is 0 Å². The number of nitrogens with zero attached hydrogens (tertiary/aromatic N) is 2. The molecule has 1 N–H and O–H groups in total. The maximum absolute atomic E-state index is 13.9. The maximum atomic E-state index is 13.9. The molecule has 0 radical (unpaired) electrons. The Morgan fingerprint density at radius 1 is 0.949 bits per heavy atom. The normalized spacial score (nSPS) is 12.7. The molecule has 0 unspecified atom stereocenters. The molecular formula is C30H37N3O5S. The number of nitrogens with one attached hydrogen (secondary N) is 1. The zero-order valence-corrected chi connectivity index (χ0v) is 23.9. The highest BCUT2D eigenvalue weighted by atomic mass is 32.2. The Morgan fingerprint density at radius 3 is 2.23 bits per heavy atom. The summed E-state index contributed by atoms with van der Waals surface area (Å²) in [6.07, 6.45) is 0.740. The Hall–Kier alpha value is -3.85. The van der Waals surface area contributed by atoms with Crippen molar-refractivity contribution in [2.24, 2.45) is 0 Å². The van der Waals surface area contributed by atoms with Gasteiger partial charge >= 0.3 is 0 Å². The largest absolute Gasteiger partial charge is 0.497 e. The van der Waals surface area contributed by atoms with E-state index < -0.39 is 28.5 Å². The lowest BCUT2D eigenvalue weighted by molar-refractivity contribution is -0.139. The lowest BCUT2D eigenvalue weighted by Crippen LogP contribution is -2.52. The first-order valence-corrected chi connectivity index (χ1v) is 14.4. The van der Waals surface area contributed by atoms with Crippen molar-refractivity contribution in [1.82, 2.24) is 10.2 Å². The van der Waals surface area contributed by atoms with E-state index in [2.05, 4.69) is 5.32 Å². The van der Waals surface area contributed by atoms with Crippen molar-refractivity contribution in [2.45, 2.75) is 57.6 Å². The summed E-state index contributed by atoms with van der Waals surface area (Å²) in [5, 5.41) is 2.93. The highest BCUT2D eigenvalue weighted by Gasteiger charge is 2.33. The van der Waals surface area contributed by atoms with Crippen LogP contribution in [0.4, 0.5) is 5.69 Å². The van der Waals surface area contributed by atoms with Gasteiger partial charge in [-0.25, -0.2) is 8.42 Å². The van der Waals surface area contributed by atoms with E-state index in [-0.39, 0.29) is 29.1 Å². The summed E-state index contributed by atoms with van der Waals surface area (Å²) in [4.78, 5) is 28.5. The number of amides is 2. The molecule has 0 bridgehead atoms. The number of aryl methyl sites for hydroxylation is 1. The number of carbonyl (C=O) groups is 2. The molecule has 208 valence electrons. The van der Waals surface area contributed by atoms with Crippen LogP contribution < -0.4 is 14.4 Å². The molecule has 8 nitrogen and oxygen atoms in total. The fourth-order valence-corrected chi connectivity index (χ4v) is 5.37. The third kappa shape index (κ3) is 7.60. The summed E-state index contributed by atoms with van der Waals surface area (Å²) in [7, 11) is -2.65. The van der Waals surface area contributed by atoms with Crippen molar-refractivity contribution in [2.75, 3.05) is 18.0 Å². The monoisotopic (exact) mass is 551 g/mol. The molecule has 2 amide bonds. The van der Waals surface area contributed by atoms with Gasteiger partial charge < -0.3 is 15.0 Å². The molecule has 0 aliphatic rings. The minimum Gasteiger partial charge on any atom is -0.497 e. The first-order chi connectivity index (χ1) is 18.6. The van der Waals surface area contributed by atoms with Crippen LogP contribution in [0.3, 0.4) is 0 Å². The van der Waals surface area contributed by atoms with Gasteiger partial charge in [-0.15, -0.1) is 0 Å². The number of hydrogen-bond donors (Lipinski definition) is 1. The highest BCUT2D eigenvalue weighted by molar-refractivity contribution is 7.92. The number of ether oxygens (including phenoxy) is 1. The van der Waals surface area contributed by atoms with Crippen LogP contribution >= 0.6 is 0 Å². The summed E-state index contributed by atoms with van der Waals surface area (Å²) in [5.74, 6) is -0.362. The third-order valence-corrected chi connectivity index (χ3v) is 8.38. The lowest BCUT2D eigenvalue weighted by atomic mass is 10.1. The molecule has 0 spiro atoms. The fourth-order valence-electron chi connectivity index (χ4n) is 3.96. The SMILES string of the molecule is CC[C@@H](C)NC(=O)[C@@H](C)N(Cc1ccccc1)C(=O)CN(c1cccc(OC)c1)S(=O)(=O)c1ccc(C)cc1. The maximum Gasteiger partial charge on any atom is 0.264 e. The summed E-state index contributed by atoms with van der Waals surface area (Å²) in [6.45, 7) is 7.02. The number of carbonyl (C=O) groups excluding carboxylic acids is 2. The van der Waals surface area contributed by atoms with Gasteiger partial charge in [-0.2, -0.15) is 0 Å². The van der Waals surface area contributed by atoms with E-state index >= 15 is 0 Å². The molecule has 9 heteroatoms. The van der Waals surface area contributed by atoms with E-state index in [1.54, 1.807) is 43.3 Å². The average molecular weight is 552 g/mol. The topological polar surface area (TPSA) is 96.0 Å². The fraction of sp³-hybridized carbons (Fsp3) is 0.333. The van der Waals surface area contributed by atoms with Gasteiger partial charge in [-0.05, 0) is 57.0 Å². The summed E-state index contributed by atoms with van der Waals surface area (Å²) >= 11 is 0. The van der Waals surface area contributed by atoms with Gasteiger partial charge in [0, 0.05) is 18.7 Å². The Balaban J connectivity index is 2.03. The molecule has 0 aromatic heterocycles. The van der Waals surface area contributed by atoms with Crippen molar-refractivity contribution in [3.05, 3.63) is 90.0 Å². The van der Waals surface area contributed by atoms with Gasteiger partial charge in [0.2, 0.25) is 11.8 Å². The van der Waals surface area contributed by atoms with Gasteiger partial charge in [0.1, 0.15) is 18.3 Å². The molecule has 0 heterocycles. The molecule has 0 aliphatic heterocycles. The van der Waals surface area contributed by atoms with Crippen molar-refractivity contribution >= 4 is 27.5 Å². The van der Waals surface area contributed by atoms with Crippen LogP contribution in [-0.4, -0.2) is 50.9 Å². The molecule has 0 fully saturated rings. The molecule has 3 aromatic rings. The molecule has 39 heavy (non-hydrogen) atoms. The van der Waals surface area contributed by atoms with Crippen LogP contribution in [0, 0.1) is 6.92 Å². The van der Waals surface area contributed by atoms with Crippen LogP contribution in [0.1, 0.15) is 38.3 Å². The molecule has 2 atom stereocenters. The standard InChI is InChI=1S/C30H37N3O5S/c1-6-23(3)31-30(35)24(4)32(20-25-11-8-7-9-12-25)29(34)21-33(26-13-10-14-27(19-26)38-5)39(36,37)28-17-15-22(2)16-18-28/h7-19,23-24H,6,20-21H2,1-5H3,(H,31,35)/t23-,24-/m1/s1. The second-order valence-electron chi connectivity index (χ2n) is 9.53. The van der Waals surface area contributed by atoms with Crippen molar-refractivity contribution in [1.29, 1.82) is 0 Å². The second-order valence-corrected chi connectivity index (χ2v) is 11.4. The second kappa shape index (κ2) is 13.3. The average Bonchev–Trinajstić information content (AvgIpc) is 2.94. The summed E-state index contributed by atoms with van der Waals surface area (Å²) < 4.78 is 34.2. The Bertz CT molecular complexity index is 1360. The highest BCUT2D eigenvalue weighted by Crippen LogP contribution is 2.28. The number of benzene rings is 3. The summed E-state index contributed by atoms with van der Waals surface area (Å²) in [6, 6.07) is 21.4. The quantitative estimate of drug-likeness (QED) is 0.357. The van der Waals surface area contributed by atoms with Crippen LogP contribution in [0.25, 0.3) is 0 Å². The predicted octanol–water partition coefficient (Wildman–Crippen LogP) is 4.53. The molecular weight excluding hydrogens is 514 g/mol. The Kier molecular flexibility index (Phi) is 10.1. The molecule has 3 aromatic carbocycles. The first-order valence-electron chi connectivity index (χ1n) is 12.9. The van der Waals surface area contributed by atoms with Gasteiger partial charge in [0.15, 0.2) is 0 Å². The Labute approximate surface area is 231 Å². The first kappa shape index (κ1) is 29.7. The van der Waals surface area contributed by atoms with E-state index in [0.717, 1.165) is 21.9 Å². The molecule has 0 saturated heterocycles. The lowest BCUT2D eigenvalue weighted by Gasteiger charge is -2.32. The van der Waals surface area contributed by atoms with E-state index in [4.69, 9.17) is 4.74 Å². The van der Waals surface area contributed by atoms with Crippen LogP contribution in [-0.2, 0) is 26.2 Å².